The highest BCUT2D eigenvalue weighted by atomic mass is 31.2. The summed E-state index contributed by atoms with van der Waals surface area (Å²) in [5.74, 6) is 0. The van der Waals surface area contributed by atoms with Gasteiger partial charge in [-0.15, -0.1) is 0 Å². The van der Waals surface area contributed by atoms with Crippen molar-refractivity contribution in [3.05, 3.63) is 68.5 Å². The Bertz CT molecular complexity index is 1040. The molecule has 0 radical (unpaired) electrons. The van der Waals surface area contributed by atoms with Crippen molar-refractivity contribution in [1.29, 1.82) is 0 Å². The van der Waals surface area contributed by atoms with Crippen LogP contribution in [0.3, 0.4) is 0 Å². The number of benzene rings is 1. The van der Waals surface area contributed by atoms with E-state index < -0.39 is 49.5 Å². The van der Waals surface area contributed by atoms with E-state index in [2.05, 4.69) is 4.98 Å². The summed E-state index contributed by atoms with van der Waals surface area (Å²) in [4.78, 5) is 44.4. The third-order valence-corrected chi connectivity index (χ3v) is 5.41. The number of hydrogen-bond donors (Lipinski definition) is 5. The molecule has 0 aliphatic carbocycles. The van der Waals surface area contributed by atoms with Gasteiger partial charge in [0.05, 0.1) is 17.8 Å². The fourth-order valence-corrected chi connectivity index (χ4v) is 3.64. The number of nitrogens with one attached hydrogen (secondary N) is 1. The molecule has 1 aliphatic rings. The van der Waals surface area contributed by atoms with E-state index >= 15 is 0 Å². The van der Waals surface area contributed by atoms with Crippen molar-refractivity contribution in [3.8, 4) is 0 Å². The SMILES string of the molecule is O=c1[nH]c(=O)n([C@@H]2O[C@H](CCP(=O)(O)O)[C@@H](O)[C@H]2O)cc1/C=C/c1ccccc1. The normalized spacial score (nSPS) is 25.0. The maximum absolute atomic E-state index is 12.2. The molecule has 1 aromatic heterocycles. The minimum Gasteiger partial charge on any atom is -0.388 e. The first kappa shape index (κ1) is 21.4. The number of hydrogen-bond acceptors (Lipinski definition) is 6. The van der Waals surface area contributed by atoms with Crippen LogP contribution in [0.15, 0.2) is 46.1 Å². The second-order valence-electron chi connectivity index (χ2n) is 6.72. The molecule has 11 heteroatoms. The summed E-state index contributed by atoms with van der Waals surface area (Å²) >= 11 is 0. The molecule has 4 atom stereocenters. The van der Waals surface area contributed by atoms with Gasteiger partial charge in [-0.05, 0) is 18.1 Å². The molecule has 0 saturated carbocycles. The van der Waals surface area contributed by atoms with Gasteiger partial charge in [-0.25, -0.2) is 4.79 Å². The van der Waals surface area contributed by atoms with Crippen LogP contribution in [-0.2, 0) is 9.30 Å². The summed E-state index contributed by atoms with van der Waals surface area (Å²) in [7, 11) is -4.32. The minimum atomic E-state index is -4.32. The topological polar surface area (TPSA) is 162 Å². The first-order chi connectivity index (χ1) is 13.7. The fourth-order valence-electron chi connectivity index (χ4n) is 3.05. The van der Waals surface area contributed by atoms with Gasteiger partial charge in [-0.1, -0.05) is 36.4 Å². The molecule has 156 valence electrons. The predicted octanol–water partition coefficient (Wildman–Crippen LogP) is -0.106. The van der Waals surface area contributed by atoms with Crippen LogP contribution in [0.2, 0.25) is 0 Å². The molecule has 1 saturated heterocycles. The average Bonchev–Trinajstić information content (AvgIpc) is 2.94. The van der Waals surface area contributed by atoms with Gasteiger partial charge in [0.1, 0.15) is 12.2 Å². The van der Waals surface area contributed by atoms with Crippen molar-refractivity contribution in [2.45, 2.75) is 31.0 Å². The quantitative estimate of drug-likeness (QED) is 0.401. The Morgan fingerprint density at radius 1 is 1.10 bits per heavy atom. The summed E-state index contributed by atoms with van der Waals surface area (Å²) in [6.45, 7) is 0. The van der Waals surface area contributed by atoms with E-state index in [0.717, 1.165) is 10.1 Å². The van der Waals surface area contributed by atoms with E-state index in [1.165, 1.54) is 12.3 Å². The molecule has 2 aromatic rings. The zero-order valence-electron chi connectivity index (χ0n) is 15.2. The summed E-state index contributed by atoms with van der Waals surface area (Å²) < 4.78 is 17.5. The monoisotopic (exact) mass is 424 g/mol. The van der Waals surface area contributed by atoms with Gasteiger partial charge >= 0.3 is 13.3 Å². The van der Waals surface area contributed by atoms with Crippen molar-refractivity contribution < 1.29 is 29.3 Å². The number of aromatic amines is 1. The Morgan fingerprint density at radius 2 is 1.79 bits per heavy atom. The lowest BCUT2D eigenvalue weighted by molar-refractivity contribution is -0.0405. The van der Waals surface area contributed by atoms with Crippen LogP contribution in [0.1, 0.15) is 23.8 Å². The van der Waals surface area contributed by atoms with E-state index in [9.17, 15) is 24.4 Å². The van der Waals surface area contributed by atoms with Crippen molar-refractivity contribution in [1.82, 2.24) is 9.55 Å². The Kier molecular flexibility index (Phi) is 6.33. The Morgan fingerprint density at radius 3 is 2.45 bits per heavy atom. The van der Waals surface area contributed by atoms with E-state index in [1.807, 2.05) is 30.3 Å². The summed E-state index contributed by atoms with van der Waals surface area (Å²) in [6, 6.07) is 9.15. The third-order valence-electron chi connectivity index (χ3n) is 4.57. The van der Waals surface area contributed by atoms with Crippen LogP contribution in [-0.4, -0.2) is 54.0 Å². The van der Waals surface area contributed by atoms with Gasteiger partial charge < -0.3 is 24.7 Å². The first-order valence-electron chi connectivity index (χ1n) is 8.80. The van der Waals surface area contributed by atoms with Gasteiger partial charge in [0, 0.05) is 6.20 Å². The second-order valence-corrected chi connectivity index (χ2v) is 8.49. The highest BCUT2D eigenvalue weighted by Gasteiger charge is 2.44. The maximum Gasteiger partial charge on any atom is 0.330 e. The first-order valence-corrected chi connectivity index (χ1v) is 10.6. The molecule has 5 N–H and O–H groups in total. The number of rotatable bonds is 6. The highest BCUT2D eigenvalue weighted by molar-refractivity contribution is 7.51. The van der Waals surface area contributed by atoms with Crippen molar-refractivity contribution in [2.24, 2.45) is 0 Å². The van der Waals surface area contributed by atoms with Crippen LogP contribution < -0.4 is 11.2 Å². The minimum absolute atomic E-state index is 0.123. The summed E-state index contributed by atoms with van der Waals surface area (Å²) in [5.41, 5.74) is -0.532. The lowest BCUT2D eigenvalue weighted by Crippen LogP contribution is -2.38. The molecule has 2 heterocycles. The van der Waals surface area contributed by atoms with Gasteiger partial charge in [0.2, 0.25) is 0 Å². The fraction of sp³-hybridized carbons (Fsp3) is 0.333. The lowest BCUT2D eigenvalue weighted by Gasteiger charge is -2.17. The molecule has 1 aliphatic heterocycles. The maximum atomic E-state index is 12.2. The molecule has 10 nitrogen and oxygen atoms in total. The Hall–Kier alpha value is -2.33. The molecule has 0 bridgehead atoms. The summed E-state index contributed by atoms with van der Waals surface area (Å²) in [6.07, 6.45) is -1.76. The molecular weight excluding hydrogens is 403 g/mol. The molecule has 29 heavy (non-hydrogen) atoms. The molecule has 1 aromatic carbocycles. The lowest BCUT2D eigenvalue weighted by atomic mass is 10.1. The van der Waals surface area contributed by atoms with E-state index in [0.29, 0.717) is 0 Å². The number of aromatic nitrogens is 2. The van der Waals surface area contributed by atoms with Gasteiger partial charge in [0.15, 0.2) is 6.23 Å². The highest BCUT2D eigenvalue weighted by Crippen LogP contribution is 2.38. The van der Waals surface area contributed by atoms with Gasteiger partial charge in [0.25, 0.3) is 5.56 Å². The second kappa shape index (κ2) is 8.58. The molecule has 3 rings (SSSR count). The predicted molar refractivity (Wildman–Crippen MR) is 104 cm³/mol. The number of ether oxygens (including phenoxy) is 1. The molecule has 0 spiro atoms. The van der Waals surface area contributed by atoms with Crippen molar-refractivity contribution in [3.63, 3.8) is 0 Å². The molecule has 1 fully saturated rings. The summed E-state index contributed by atoms with van der Waals surface area (Å²) in [5, 5.41) is 20.4. The smallest absolute Gasteiger partial charge is 0.330 e. The van der Waals surface area contributed by atoms with E-state index in [4.69, 9.17) is 14.5 Å². The van der Waals surface area contributed by atoms with Crippen LogP contribution >= 0.6 is 7.60 Å². The molecule has 0 unspecified atom stereocenters. The molecule has 0 amide bonds. The van der Waals surface area contributed by atoms with Crippen LogP contribution in [0.5, 0.6) is 0 Å². The van der Waals surface area contributed by atoms with Gasteiger partial charge in [-0.3, -0.25) is 18.9 Å². The zero-order valence-corrected chi connectivity index (χ0v) is 16.1. The number of H-pyrrole nitrogens is 1. The average molecular weight is 424 g/mol. The Labute approximate surface area is 164 Å². The number of nitrogens with zero attached hydrogens (tertiary/aromatic N) is 1. The van der Waals surface area contributed by atoms with Crippen LogP contribution in [0, 0.1) is 0 Å². The third kappa shape index (κ3) is 5.18. The van der Waals surface area contributed by atoms with E-state index in [-0.39, 0.29) is 12.0 Å². The largest absolute Gasteiger partial charge is 0.388 e. The molecular formula is C18H21N2O8P. The van der Waals surface area contributed by atoms with Crippen LogP contribution in [0.25, 0.3) is 12.2 Å². The van der Waals surface area contributed by atoms with E-state index in [1.54, 1.807) is 6.08 Å². The number of aliphatic hydroxyl groups excluding tert-OH is 2. The van der Waals surface area contributed by atoms with Crippen molar-refractivity contribution >= 4 is 19.7 Å². The van der Waals surface area contributed by atoms with Crippen molar-refractivity contribution in [2.75, 3.05) is 6.16 Å². The Balaban J connectivity index is 1.86. The van der Waals surface area contributed by atoms with Crippen LogP contribution in [0.4, 0.5) is 0 Å². The van der Waals surface area contributed by atoms with Gasteiger partial charge in [-0.2, -0.15) is 0 Å². The number of aliphatic hydroxyl groups is 2. The standard InChI is InChI=1S/C18H21N2O8P/c21-14-13(8-9-29(25,26)27)28-17(15(14)22)20-10-12(16(23)19-18(20)24)7-6-11-4-2-1-3-5-11/h1-7,10,13-15,17,21-22H,8-9H2,(H,19,23,24)(H2,25,26,27)/b7-6+/t13-,14-,15-,17-/m1/s1. The zero-order chi connectivity index (χ0) is 21.2.